The van der Waals surface area contributed by atoms with Crippen LogP contribution in [0.3, 0.4) is 0 Å². The Morgan fingerprint density at radius 2 is 2.43 bits per heavy atom. The molecule has 2 heterocycles. The zero-order valence-corrected chi connectivity index (χ0v) is 13.5. The van der Waals surface area contributed by atoms with Crippen LogP contribution >= 0.6 is 22.9 Å². The molecule has 0 bridgehead atoms. The third-order valence-corrected chi connectivity index (χ3v) is 5.19. The molecule has 1 aliphatic heterocycles. The summed E-state index contributed by atoms with van der Waals surface area (Å²) in [7, 11) is 0. The highest BCUT2D eigenvalue weighted by molar-refractivity contribution is 7.22. The number of hydrogen-bond acceptors (Lipinski definition) is 4. The molecule has 0 saturated carbocycles. The highest BCUT2D eigenvalue weighted by atomic mass is 35.5. The van der Waals surface area contributed by atoms with Crippen LogP contribution in [-0.2, 0) is 4.79 Å². The summed E-state index contributed by atoms with van der Waals surface area (Å²) in [5.74, 6) is 0.0829. The lowest BCUT2D eigenvalue weighted by atomic mass is 9.81. The summed E-state index contributed by atoms with van der Waals surface area (Å²) in [6, 6.07) is 5.57. The van der Waals surface area contributed by atoms with Crippen LogP contribution < -0.4 is 10.6 Å². The van der Waals surface area contributed by atoms with Crippen LogP contribution in [0.5, 0.6) is 0 Å². The normalized spacial score (nSPS) is 21.8. The average molecular weight is 324 g/mol. The molecule has 1 aliphatic rings. The molecule has 0 spiro atoms. The first-order valence-electron chi connectivity index (χ1n) is 7.21. The fourth-order valence-corrected chi connectivity index (χ4v) is 4.06. The van der Waals surface area contributed by atoms with Crippen molar-refractivity contribution in [2.45, 2.75) is 26.2 Å². The molecular weight excluding hydrogens is 306 g/mol. The first-order chi connectivity index (χ1) is 10.1. The van der Waals surface area contributed by atoms with Crippen LogP contribution in [0.25, 0.3) is 10.2 Å². The topological polar surface area (TPSA) is 54.0 Å². The van der Waals surface area contributed by atoms with Crippen LogP contribution in [0.15, 0.2) is 18.2 Å². The minimum atomic E-state index is -0.287. The third kappa shape index (κ3) is 2.91. The molecule has 1 atom stereocenters. The Kier molecular flexibility index (Phi) is 4.15. The molecular formula is C15H18ClN3OS. The molecule has 112 valence electrons. The van der Waals surface area contributed by atoms with Gasteiger partial charge in [-0.1, -0.05) is 36.3 Å². The number of nitrogens with one attached hydrogen (secondary N) is 2. The second-order valence-corrected chi connectivity index (χ2v) is 7.01. The maximum atomic E-state index is 12.7. The molecule has 6 heteroatoms. The molecule has 4 nitrogen and oxygen atoms in total. The fourth-order valence-electron chi connectivity index (χ4n) is 2.92. The van der Waals surface area contributed by atoms with Crippen molar-refractivity contribution in [1.29, 1.82) is 0 Å². The Labute approximate surface area is 132 Å². The Hall–Kier alpha value is -1.17. The van der Waals surface area contributed by atoms with Gasteiger partial charge in [0.25, 0.3) is 0 Å². The highest BCUT2D eigenvalue weighted by Gasteiger charge is 2.40. The molecule has 1 aromatic carbocycles. The van der Waals surface area contributed by atoms with E-state index in [1.54, 1.807) is 0 Å². The van der Waals surface area contributed by atoms with Crippen molar-refractivity contribution in [1.82, 2.24) is 10.3 Å². The van der Waals surface area contributed by atoms with Gasteiger partial charge in [0.15, 0.2) is 5.13 Å². The van der Waals surface area contributed by atoms with Crippen molar-refractivity contribution in [2.24, 2.45) is 5.41 Å². The number of aromatic nitrogens is 1. The van der Waals surface area contributed by atoms with Crippen molar-refractivity contribution in [3.63, 3.8) is 0 Å². The van der Waals surface area contributed by atoms with E-state index >= 15 is 0 Å². The maximum absolute atomic E-state index is 12.7. The second kappa shape index (κ2) is 5.91. The summed E-state index contributed by atoms with van der Waals surface area (Å²) in [6.07, 6.45) is 2.80. The van der Waals surface area contributed by atoms with E-state index in [1.165, 1.54) is 11.3 Å². The van der Waals surface area contributed by atoms with Crippen molar-refractivity contribution in [3.05, 3.63) is 23.2 Å². The molecule has 0 aliphatic carbocycles. The predicted octanol–water partition coefficient (Wildman–Crippen LogP) is 3.67. The van der Waals surface area contributed by atoms with Crippen molar-refractivity contribution < 1.29 is 4.79 Å². The quantitative estimate of drug-likeness (QED) is 0.902. The van der Waals surface area contributed by atoms with E-state index in [2.05, 4.69) is 22.5 Å². The lowest BCUT2D eigenvalue weighted by Gasteiger charge is -2.25. The Morgan fingerprint density at radius 1 is 1.57 bits per heavy atom. The number of anilines is 1. The number of carbonyl (C=O) groups is 1. The van der Waals surface area contributed by atoms with Crippen molar-refractivity contribution in [2.75, 3.05) is 18.4 Å². The fraction of sp³-hybridized carbons (Fsp3) is 0.467. The van der Waals surface area contributed by atoms with Crippen LogP contribution in [0.4, 0.5) is 5.13 Å². The molecule has 0 radical (unpaired) electrons. The number of rotatable bonds is 4. The minimum absolute atomic E-state index is 0.0829. The van der Waals surface area contributed by atoms with E-state index in [4.69, 9.17) is 11.6 Å². The van der Waals surface area contributed by atoms with Gasteiger partial charge in [0.2, 0.25) is 5.91 Å². The molecule has 1 saturated heterocycles. The van der Waals surface area contributed by atoms with Gasteiger partial charge in [-0.05, 0) is 37.6 Å². The van der Waals surface area contributed by atoms with Gasteiger partial charge in [0.05, 0.1) is 15.6 Å². The average Bonchev–Trinajstić information content (AvgIpc) is 3.06. The number of halogens is 1. The lowest BCUT2D eigenvalue weighted by Crippen LogP contribution is -2.38. The molecule has 1 amide bonds. The smallest absolute Gasteiger partial charge is 0.233 e. The highest BCUT2D eigenvalue weighted by Crippen LogP contribution is 2.34. The van der Waals surface area contributed by atoms with Gasteiger partial charge in [-0.25, -0.2) is 4.98 Å². The zero-order chi connectivity index (χ0) is 14.9. The molecule has 21 heavy (non-hydrogen) atoms. The molecule has 1 unspecified atom stereocenters. The second-order valence-electron chi connectivity index (χ2n) is 5.54. The SMILES string of the molecule is CCCC1(C(=O)Nc2nc3ccc(Cl)cc3s2)CCNC1. The number of carbonyl (C=O) groups excluding carboxylic acids is 1. The summed E-state index contributed by atoms with van der Waals surface area (Å²) in [5, 5.41) is 7.65. The van der Waals surface area contributed by atoms with Crippen LogP contribution in [0.2, 0.25) is 5.02 Å². The van der Waals surface area contributed by atoms with E-state index in [9.17, 15) is 4.79 Å². The van der Waals surface area contributed by atoms with E-state index in [0.717, 1.165) is 42.6 Å². The Morgan fingerprint density at radius 3 is 3.14 bits per heavy atom. The van der Waals surface area contributed by atoms with Gasteiger partial charge in [0.1, 0.15) is 0 Å². The monoisotopic (exact) mass is 323 g/mol. The summed E-state index contributed by atoms with van der Waals surface area (Å²) in [4.78, 5) is 17.1. The number of nitrogens with zero attached hydrogens (tertiary/aromatic N) is 1. The molecule has 2 aromatic rings. The Balaban J connectivity index is 1.82. The van der Waals surface area contributed by atoms with E-state index in [1.807, 2.05) is 18.2 Å². The summed E-state index contributed by atoms with van der Waals surface area (Å²) >= 11 is 7.45. The van der Waals surface area contributed by atoms with Gasteiger partial charge >= 0.3 is 0 Å². The zero-order valence-electron chi connectivity index (χ0n) is 11.9. The van der Waals surface area contributed by atoms with Gasteiger partial charge < -0.3 is 10.6 Å². The van der Waals surface area contributed by atoms with E-state index < -0.39 is 0 Å². The first kappa shape index (κ1) is 14.8. The number of fused-ring (bicyclic) bond motifs is 1. The van der Waals surface area contributed by atoms with Crippen LogP contribution in [-0.4, -0.2) is 24.0 Å². The molecule has 2 N–H and O–H groups in total. The summed E-state index contributed by atoms with van der Waals surface area (Å²) in [5.41, 5.74) is 0.582. The van der Waals surface area contributed by atoms with Crippen molar-refractivity contribution >= 4 is 44.2 Å². The number of thiazole rings is 1. The van der Waals surface area contributed by atoms with Gasteiger partial charge in [-0.2, -0.15) is 0 Å². The maximum Gasteiger partial charge on any atom is 0.233 e. The van der Waals surface area contributed by atoms with Crippen LogP contribution in [0, 0.1) is 5.41 Å². The summed E-state index contributed by atoms with van der Waals surface area (Å²) in [6.45, 7) is 3.78. The van der Waals surface area contributed by atoms with E-state index in [0.29, 0.717) is 10.2 Å². The minimum Gasteiger partial charge on any atom is -0.316 e. The first-order valence-corrected chi connectivity index (χ1v) is 8.41. The lowest BCUT2D eigenvalue weighted by molar-refractivity contribution is -0.125. The molecule has 1 fully saturated rings. The predicted molar refractivity (Wildman–Crippen MR) is 88.1 cm³/mol. The number of benzene rings is 1. The van der Waals surface area contributed by atoms with Gasteiger partial charge in [-0.3, -0.25) is 4.79 Å². The van der Waals surface area contributed by atoms with E-state index in [-0.39, 0.29) is 11.3 Å². The standard InChI is InChI=1S/C15H18ClN3OS/c1-2-5-15(6-7-17-9-15)13(20)19-14-18-11-4-3-10(16)8-12(11)21-14/h3-4,8,17H,2,5-7,9H2,1H3,(H,18,19,20). The molecule has 1 aromatic heterocycles. The Bertz CT molecular complexity index is 664. The largest absolute Gasteiger partial charge is 0.316 e. The van der Waals surface area contributed by atoms with Gasteiger partial charge in [-0.15, -0.1) is 0 Å². The summed E-state index contributed by atoms with van der Waals surface area (Å²) < 4.78 is 0.992. The van der Waals surface area contributed by atoms with Crippen molar-refractivity contribution in [3.8, 4) is 0 Å². The van der Waals surface area contributed by atoms with Crippen LogP contribution in [0.1, 0.15) is 26.2 Å². The van der Waals surface area contributed by atoms with Gasteiger partial charge in [0, 0.05) is 11.6 Å². The number of hydrogen-bond donors (Lipinski definition) is 2. The third-order valence-electron chi connectivity index (χ3n) is 4.02. The number of amides is 1. The molecule has 3 rings (SSSR count).